The Morgan fingerprint density at radius 3 is 2.65 bits per heavy atom. The number of rotatable bonds is 3. The molecule has 0 saturated carbocycles. The van der Waals surface area contributed by atoms with Crippen LogP contribution in [0.15, 0.2) is 51.7 Å². The minimum Gasteiger partial charge on any atom is -0.497 e. The number of aromatic nitrogens is 2. The number of oxazole rings is 1. The van der Waals surface area contributed by atoms with Crippen LogP contribution in [0.25, 0.3) is 28.2 Å². The number of nitrogens with one attached hydrogen (secondary N) is 1. The van der Waals surface area contributed by atoms with Crippen LogP contribution < -0.4 is 21.3 Å². The van der Waals surface area contributed by atoms with Gasteiger partial charge in [0.15, 0.2) is 5.58 Å². The van der Waals surface area contributed by atoms with Gasteiger partial charge in [-0.3, -0.25) is 24.3 Å². The Kier molecular flexibility index (Phi) is 3.94. The molecular formula is C22H16N4O5. The maximum absolute atomic E-state index is 12.8. The Hall–Kier alpha value is -4.40. The molecule has 0 atom stereocenters. The monoisotopic (exact) mass is 416 g/mol. The molecule has 1 aliphatic rings. The molecule has 0 unspecified atom stereocenters. The first-order valence-corrected chi connectivity index (χ1v) is 9.35. The Bertz CT molecular complexity index is 1480. The van der Waals surface area contributed by atoms with E-state index in [-0.39, 0.29) is 16.9 Å². The smallest absolute Gasteiger partial charge is 0.262 e. The summed E-state index contributed by atoms with van der Waals surface area (Å²) in [4.78, 5) is 41.4. The van der Waals surface area contributed by atoms with Gasteiger partial charge in [0.25, 0.3) is 17.4 Å². The largest absolute Gasteiger partial charge is 0.497 e. The van der Waals surface area contributed by atoms with Gasteiger partial charge in [0.05, 0.1) is 23.9 Å². The molecule has 0 fully saturated rings. The fourth-order valence-corrected chi connectivity index (χ4v) is 3.77. The summed E-state index contributed by atoms with van der Waals surface area (Å²) in [6, 6.07) is 11.7. The van der Waals surface area contributed by atoms with Crippen LogP contribution in [-0.2, 0) is 0 Å². The number of anilines is 1. The molecule has 1 aliphatic heterocycles. The molecule has 5 rings (SSSR count). The minimum absolute atomic E-state index is 0.0108. The second-order valence-electron chi connectivity index (χ2n) is 7.08. The fraction of sp³-hybridized carbons (Fsp3) is 0.0909. The van der Waals surface area contributed by atoms with Crippen molar-refractivity contribution in [2.24, 2.45) is 0 Å². The van der Waals surface area contributed by atoms with Gasteiger partial charge in [-0.1, -0.05) is 6.07 Å². The Balaban J connectivity index is 1.70. The summed E-state index contributed by atoms with van der Waals surface area (Å²) in [5.74, 6) is -0.351. The number of nitrogens with zero attached hydrogens (tertiary/aromatic N) is 2. The number of fused-ring (bicyclic) bond motifs is 2. The third-order valence-electron chi connectivity index (χ3n) is 5.32. The number of carbonyl (C=O) groups is 2. The SMILES string of the molecule is COc1ccc2oc(-c3cccc(-n4c(N)c5c(cc4=O)C(=O)NC5=O)c3C)nc2c1. The summed E-state index contributed by atoms with van der Waals surface area (Å²) in [7, 11) is 1.57. The average molecular weight is 416 g/mol. The molecule has 2 aromatic carbocycles. The van der Waals surface area contributed by atoms with E-state index in [9.17, 15) is 14.4 Å². The Morgan fingerprint density at radius 2 is 1.87 bits per heavy atom. The highest BCUT2D eigenvalue weighted by Crippen LogP contribution is 2.32. The van der Waals surface area contributed by atoms with Crippen LogP contribution in [0.3, 0.4) is 0 Å². The van der Waals surface area contributed by atoms with Gasteiger partial charge >= 0.3 is 0 Å². The van der Waals surface area contributed by atoms with E-state index in [1.54, 1.807) is 44.4 Å². The number of carbonyl (C=O) groups excluding carboxylic acids is 2. The molecule has 9 nitrogen and oxygen atoms in total. The molecule has 0 spiro atoms. The molecule has 0 aliphatic carbocycles. The standard InChI is InChI=1S/C22H16N4O5/c1-10-12(22-24-14-8-11(30-2)6-7-16(14)31-22)4-3-5-15(10)26-17(27)9-13-18(19(26)23)21(29)25-20(13)28/h3-9H,23H2,1-2H3,(H,25,28,29). The lowest BCUT2D eigenvalue weighted by Gasteiger charge is -2.15. The van der Waals surface area contributed by atoms with Gasteiger partial charge in [0, 0.05) is 17.7 Å². The van der Waals surface area contributed by atoms with Crippen molar-refractivity contribution < 1.29 is 18.7 Å². The topological polar surface area (TPSA) is 129 Å². The van der Waals surface area contributed by atoms with Crippen LogP contribution in [0, 0.1) is 6.92 Å². The summed E-state index contributed by atoms with van der Waals surface area (Å²) in [5.41, 5.74) is 8.60. The quantitative estimate of drug-likeness (QED) is 0.491. The van der Waals surface area contributed by atoms with Crippen molar-refractivity contribution in [3.05, 3.63) is 69.5 Å². The highest BCUT2D eigenvalue weighted by atomic mass is 16.5. The highest BCUT2D eigenvalue weighted by Gasteiger charge is 2.32. The van der Waals surface area contributed by atoms with E-state index in [1.807, 2.05) is 6.07 Å². The van der Waals surface area contributed by atoms with E-state index in [0.717, 1.165) is 6.07 Å². The third kappa shape index (κ3) is 2.71. The average Bonchev–Trinajstić information content (AvgIpc) is 3.28. The van der Waals surface area contributed by atoms with Crippen LogP contribution in [-0.4, -0.2) is 28.5 Å². The van der Waals surface area contributed by atoms with Crippen LogP contribution in [0.1, 0.15) is 26.3 Å². The normalized spacial score (nSPS) is 12.8. The molecule has 2 amide bonds. The van der Waals surface area contributed by atoms with Gasteiger partial charge < -0.3 is 14.9 Å². The minimum atomic E-state index is -0.636. The van der Waals surface area contributed by atoms with Gasteiger partial charge in [0.1, 0.15) is 17.1 Å². The van der Waals surface area contributed by atoms with Crippen molar-refractivity contribution in [1.82, 2.24) is 14.9 Å². The molecule has 154 valence electrons. The van der Waals surface area contributed by atoms with Crippen LogP contribution in [0.5, 0.6) is 5.75 Å². The molecule has 0 bridgehead atoms. The predicted octanol–water partition coefficient (Wildman–Crippen LogP) is 2.43. The van der Waals surface area contributed by atoms with Crippen LogP contribution in [0.2, 0.25) is 0 Å². The molecular weight excluding hydrogens is 400 g/mol. The molecule has 3 heterocycles. The predicted molar refractivity (Wildman–Crippen MR) is 113 cm³/mol. The molecule has 2 aromatic heterocycles. The lowest BCUT2D eigenvalue weighted by molar-refractivity contribution is 0.0880. The number of pyridine rings is 1. The number of benzene rings is 2. The van der Waals surface area contributed by atoms with Crippen molar-refractivity contribution in [2.75, 3.05) is 12.8 Å². The fourth-order valence-electron chi connectivity index (χ4n) is 3.77. The zero-order valence-electron chi connectivity index (χ0n) is 16.6. The number of imide groups is 1. The summed E-state index contributed by atoms with van der Waals surface area (Å²) in [6.45, 7) is 1.80. The summed E-state index contributed by atoms with van der Waals surface area (Å²) in [5, 5.41) is 2.16. The number of hydrogen-bond donors (Lipinski definition) is 2. The number of hydrogen-bond acceptors (Lipinski definition) is 7. The first-order chi connectivity index (χ1) is 14.9. The van der Waals surface area contributed by atoms with E-state index in [0.29, 0.717) is 39.6 Å². The van der Waals surface area contributed by atoms with Gasteiger partial charge in [0.2, 0.25) is 5.89 Å². The Morgan fingerprint density at radius 1 is 1.06 bits per heavy atom. The molecule has 31 heavy (non-hydrogen) atoms. The first-order valence-electron chi connectivity index (χ1n) is 9.35. The van der Waals surface area contributed by atoms with Crippen molar-refractivity contribution in [3.63, 3.8) is 0 Å². The third-order valence-corrected chi connectivity index (χ3v) is 5.32. The van der Waals surface area contributed by atoms with Crippen LogP contribution >= 0.6 is 0 Å². The molecule has 0 radical (unpaired) electrons. The Labute approximate surface area is 175 Å². The summed E-state index contributed by atoms with van der Waals surface area (Å²) < 4.78 is 12.3. The van der Waals surface area contributed by atoms with E-state index in [1.165, 1.54) is 4.57 Å². The molecule has 0 saturated heterocycles. The number of nitrogen functional groups attached to an aromatic ring is 1. The van der Waals surface area contributed by atoms with Gasteiger partial charge in [-0.15, -0.1) is 0 Å². The highest BCUT2D eigenvalue weighted by molar-refractivity contribution is 6.23. The van der Waals surface area contributed by atoms with E-state index in [2.05, 4.69) is 10.3 Å². The maximum atomic E-state index is 12.8. The van der Waals surface area contributed by atoms with E-state index < -0.39 is 17.4 Å². The molecule has 3 N–H and O–H groups in total. The number of nitrogens with two attached hydrogens (primary N) is 1. The first kappa shape index (κ1) is 18.6. The number of ether oxygens (including phenoxy) is 1. The zero-order valence-corrected chi connectivity index (χ0v) is 16.6. The lowest BCUT2D eigenvalue weighted by atomic mass is 10.1. The van der Waals surface area contributed by atoms with Crippen LogP contribution in [0.4, 0.5) is 5.82 Å². The second-order valence-corrected chi connectivity index (χ2v) is 7.08. The summed E-state index contributed by atoms with van der Waals surface area (Å²) in [6.07, 6.45) is 0. The molecule has 9 heteroatoms. The van der Waals surface area contributed by atoms with Gasteiger partial charge in [-0.05, 0) is 36.8 Å². The van der Waals surface area contributed by atoms with E-state index in [4.69, 9.17) is 14.9 Å². The van der Waals surface area contributed by atoms with Crippen molar-refractivity contribution in [3.8, 4) is 22.9 Å². The lowest BCUT2D eigenvalue weighted by Crippen LogP contribution is -2.24. The summed E-state index contributed by atoms with van der Waals surface area (Å²) >= 11 is 0. The second kappa shape index (κ2) is 6.56. The van der Waals surface area contributed by atoms with Crippen molar-refractivity contribution >= 4 is 28.7 Å². The van der Waals surface area contributed by atoms with Crippen molar-refractivity contribution in [1.29, 1.82) is 0 Å². The number of methoxy groups -OCH3 is 1. The molecule has 4 aromatic rings. The van der Waals surface area contributed by atoms with Gasteiger partial charge in [-0.25, -0.2) is 4.98 Å². The van der Waals surface area contributed by atoms with Crippen molar-refractivity contribution in [2.45, 2.75) is 6.92 Å². The zero-order chi connectivity index (χ0) is 21.9. The maximum Gasteiger partial charge on any atom is 0.262 e. The van der Waals surface area contributed by atoms with Gasteiger partial charge in [-0.2, -0.15) is 0 Å². The number of amides is 2. The van der Waals surface area contributed by atoms with E-state index >= 15 is 0 Å².